The van der Waals surface area contributed by atoms with Gasteiger partial charge in [0.1, 0.15) is 12.3 Å². The van der Waals surface area contributed by atoms with E-state index in [-0.39, 0.29) is 18.5 Å². The molecule has 1 unspecified atom stereocenters. The maximum absolute atomic E-state index is 13.0. The summed E-state index contributed by atoms with van der Waals surface area (Å²) in [5.41, 5.74) is 0.734. The standard InChI is InChI=1S/C23H29N5O4/c1-31-19-7-3-2-6-18(19)28-12-11-27(23(28)30)15-21(29)26-10-4-5-16(14-26)13-20-24-22(25-32-20)17-8-9-17/h2-3,6-7,16-17H,4-5,8-15H2,1H3. The number of hydrogen-bond acceptors (Lipinski definition) is 6. The summed E-state index contributed by atoms with van der Waals surface area (Å²) < 4.78 is 10.8. The quantitative estimate of drug-likeness (QED) is 0.659. The number of benzene rings is 1. The number of methoxy groups -OCH3 is 1. The summed E-state index contributed by atoms with van der Waals surface area (Å²) >= 11 is 0. The van der Waals surface area contributed by atoms with Gasteiger partial charge < -0.3 is 19.1 Å². The number of rotatable bonds is 7. The largest absolute Gasteiger partial charge is 0.495 e. The number of nitrogens with zero attached hydrogens (tertiary/aromatic N) is 5. The molecule has 1 saturated carbocycles. The first kappa shape index (κ1) is 20.8. The molecule has 2 aromatic rings. The zero-order chi connectivity index (χ0) is 22.1. The Morgan fingerprint density at radius 2 is 2.03 bits per heavy atom. The number of carbonyl (C=O) groups excluding carboxylic acids is 2. The second-order valence-electron chi connectivity index (χ2n) is 8.90. The molecule has 1 aliphatic carbocycles. The Labute approximate surface area is 187 Å². The average molecular weight is 440 g/mol. The van der Waals surface area contributed by atoms with Crippen molar-refractivity contribution >= 4 is 17.6 Å². The van der Waals surface area contributed by atoms with Gasteiger partial charge in [0, 0.05) is 38.5 Å². The van der Waals surface area contributed by atoms with Crippen LogP contribution in [0.15, 0.2) is 28.8 Å². The molecule has 3 amide bonds. The summed E-state index contributed by atoms with van der Waals surface area (Å²) in [5.74, 6) is 2.93. The molecule has 9 nitrogen and oxygen atoms in total. The van der Waals surface area contributed by atoms with Crippen molar-refractivity contribution in [1.29, 1.82) is 0 Å². The van der Waals surface area contributed by atoms with Gasteiger partial charge in [-0.3, -0.25) is 9.69 Å². The molecule has 2 saturated heterocycles. The van der Waals surface area contributed by atoms with Crippen molar-refractivity contribution in [3.05, 3.63) is 36.0 Å². The van der Waals surface area contributed by atoms with Gasteiger partial charge in [0.2, 0.25) is 11.8 Å². The molecule has 3 aliphatic rings. The van der Waals surface area contributed by atoms with Gasteiger partial charge in [-0.2, -0.15) is 4.98 Å². The first-order chi connectivity index (χ1) is 15.6. The highest BCUT2D eigenvalue weighted by Gasteiger charge is 2.34. The number of piperidine rings is 1. The molecule has 2 aliphatic heterocycles. The number of likely N-dealkylation sites (tertiary alicyclic amines) is 1. The van der Waals surface area contributed by atoms with Crippen molar-refractivity contribution in [3.8, 4) is 5.75 Å². The normalized spacial score (nSPS) is 21.3. The Kier molecular flexibility index (Phi) is 5.71. The van der Waals surface area contributed by atoms with Gasteiger partial charge >= 0.3 is 6.03 Å². The molecule has 9 heteroatoms. The minimum Gasteiger partial charge on any atom is -0.495 e. The molecule has 32 heavy (non-hydrogen) atoms. The van der Waals surface area contributed by atoms with Gasteiger partial charge in [0.05, 0.1) is 12.8 Å². The number of amides is 3. The minimum absolute atomic E-state index is 0.00544. The molecule has 3 heterocycles. The molecule has 3 fully saturated rings. The van der Waals surface area contributed by atoms with Gasteiger partial charge in [-0.1, -0.05) is 17.3 Å². The van der Waals surface area contributed by atoms with E-state index in [9.17, 15) is 9.59 Å². The van der Waals surface area contributed by atoms with Crippen molar-refractivity contribution < 1.29 is 18.8 Å². The van der Waals surface area contributed by atoms with E-state index < -0.39 is 0 Å². The number of carbonyl (C=O) groups is 2. The highest BCUT2D eigenvalue weighted by molar-refractivity contribution is 5.97. The summed E-state index contributed by atoms with van der Waals surface area (Å²) in [6.07, 6.45) is 4.98. The predicted molar refractivity (Wildman–Crippen MR) is 117 cm³/mol. The van der Waals surface area contributed by atoms with Gasteiger partial charge in [0.25, 0.3) is 0 Å². The fraction of sp³-hybridized carbons (Fsp3) is 0.565. The molecule has 5 rings (SSSR count). The number of hydrogen-bond donors (Lipinski definition) is 0. The van der Waals surface area contributed by atoms with E-state index in [1.54, 1.807) is 16.9 Å². The highest BCUT2D eigenvalue weighted by atomic mass is 16.5. The molecule has 1 aromatic carbocycles. The van der Waals surface area contributed by atoms with Crippen LogP contribution in [0.4, 0.5) is 10.5 Å². The summed E-state index contributed by atoms with van der Waals surface area (Å²) in [6, 6.07) is 7.29. The van der Waals surface area contributed by atoms with Crippen LogP contribution in [-0.4, -0.2) is 71.7 Å². The Morgan fingerprint density at radius 3 is 2.84 bits per heavy atom. The van der Waals surface area contributed by atoms with E-state index in [2.05, 4.69) is 10.1 Å². The van der Waals surface area contributed by atoms with Crippen LogP contribution < -0.4 is 9.64 Å². The van der Waals surface area contributed by atoms with Crippen LogP contribution in [0.3, 0.4) is 0 Å². The lowest BCUT2D eigenvalue weighted by atomic mass is 9.94. The molecule has 0 radical (unpaired) electrons. The fourth-order valence-electron chi connectivity index (χ4n) is 4.63. The zero-order valence-electron chi connectivity index (χ0n) is 18.4. The van der Waals surface area contributed by atoms with Crippen LogP contribution in [0, 0.1) is 5.92 Å². The Bertz CT molecular complexity index is 988. The first-order valence-corrected chi connectivity index (χ1v) is 11.4. The Hall–Kier alpha value is -3.10. The van der Waals surface area contributed by atoms with E-state index in [4.69, 9.17) is 9.26 Å². The Balaban J connectivity index is 1.17. The third-order valence-corrected chi connectivity index (χ3v) is 6.56. The number of urea groups is 1. The lowest BCUT2D eigenvalue weighted by Gasteiger charge is -2.33. The Morgan fingerprint density at radius 1 is 1.19 bits per heavy atom. The zero-order valence-corrected chi connectivity index (χ0v) is 18.4. The minimum atomic E-state index is -0.158. The van der Waals surface area contributed by atoms with E-state index in [1.165, 1.54) is 0 Å². The number of aromatic nitrogens is 2. The second-order valence-corrected chi connectivity index (χ2v) is 8.90. The monoisotopic (exact) mass is 439 g/mol. The van der Waals surface area contributed by atoms with Crippen LogP contribution in [0.1, 0.15) is 43.3 Å². The number of para-hydroxylation sites is 2. The molecule has 0 bridgehead atoms. The van der Waals surface area contributed by atoms with Crippen molar-refractivity contribution in [2.45, 2.75) is 38.0 Å². The van der Waals surface area contributed by atoms with Crippen LogP contribution in [-0.2, 0) is 11.2 Å². The molecule has 0 spiro atoms. The highest BCUT2D eigenvalue weighted by Crippen LogP contribution is 2.38. The fourth-order valence-corrected chi connectivity index (χ4v) is 4.63. The predicted octanol–water partition coefficient (Wildman–Crippen LogP) is 2.68. The van der Waals surface area contributed by atoms with Gasteiger partial charge in [-0.25, -0.2) is 4.79 Å². The topological polar surface area (TPSA) is 92.0 Å². The summed E-state index contributed by atoms with van der Waals surface area (Å²) in [7, 11) is 1.59. The second kappa shape index (κ2) is 8.80. The molecule has 1 atom stereocenters. The van der Waals surface area contributed by atoms with E-state index >= 15 is 0 Å². The van der Waals surface area contributed by atoms with Gasteiger partial charge in [0.15, 0.2) is 5.82 Å². The summed E-state index contributed by atoms with van der Waals surface area (Å²) in [4.78, 5) is 35.7. The van der Waals surface area contributed by atoms with Crippen LogP contribution in [0.2, 0.25) is 0 Å². The maximum Gasteiger partial charge on any atom is 0.325 e. The molecular formula is C23H29N5O4. The molecular weight excluding hydrogens is 410 g/mol. The van der Waals surface area contributed by atoms with E-state index in [0.29, 0.717) is 49.5 Å². The third kappa shape index (κ3) is 4.28. The van der Waals surface area contributed by atoms with Gasteiger partial charge in [-0.05, 0) is 43.7 Å². The molecule has 170 valence electrons. The maximum atomic E-state index is 13.0. The van der Waals surface area contributed by atoms with Crippen LogP contribution in [0.5, 0.6) is 5.75 Å². The van der Waals surface area contributed by atoms with E-state index in [0.717, 1.165) is 43.7 Å². The third-order valence-electron chi connectivity index (χ3n) is 6.56. The number of ether oxygens (including phenoxy) is 1. The van der Waals surface area contributed by atoms with Crippen LogP contribution >= 0.6 is 0 Å². The lowest BCUT2D eigenvalue weighted by Crippen LogP contribution is -2.46. The molecule has 0 N–H and O–H groups in total. The SMILES string of the molecule is COc1ccccc1N1CCN(CC(=O)N2CCCC(Cc3nc(C4CC4)no3)C2)C1=O. The van der Waals surface area contributed by atoms with Crippen molar-refractivity contribution in [2.24, 2.45) is 5.92 Å². The summed E-state index contributed by atoms with van der Waals surface area (Å²) in [6.45, 7) is 2.55. The van der Waals surface area contributed by atoms with Gasteiger partial charge in [-0.15, -0.1) is 0 Å². The smallest absolute Gasteiger partial charge is 0.325 e. The average Bonchev–Trinajstić information content (AvgIpc) is 3.47. The van der Waals surface area contributed by atoms with Crippen LogP contribution in [0.25, 0.3) is 0 Å². The molecule has 1 aromatic heterocycles. The van der Waals surface area contributed by atoms with Crippen molar-refractivity contribution in [1.82, 2.24) is 19.9 Å². The van der Waals surface area contributed by atoms with E-state index in [1.807, 2.05) is 29.2 Å². The summed E-state index contributed by atoms with van der Waals surface area (Å²) in [5, 5.41) is 4.09. The van der Waals surface area contributed by atoms with Crippen molar-refractivity contribution in [3.63, 3.8) is 0 Å². The lowest BCUT2D eigenvalue weighted by molar-refractivity contribution is -0.133. The number of anilines is 1. The first-order valence-electron chi connectivity index (χ1n) is 11.4. The van der Waals surface area contributed by atoms with Crippen molar-refractivity contribution in [2.75, 3.05) is 44.7 Å².